The van der Waals surface area contributed by atoms with Crippen LogP contribution in [0.4, 0.5) is 0 Å². The molecule has 0 radical (unpaired) electrons. The van der Waals surface area contributed by atoms with E-state index in [9.17, 15) is 0 Å². The molecule has 136 valence electrons. The molecule has 3 nitrogen and oxygen atoms in total. The molecule has 3 rings (SSSR count). The molecule has 0 saturated heterocycles. The van der Waals surface area contributed by atoms with Crippen LogP contribution in [0.2, 0.25) is 0 Å². The molecule has 0 saturated carbocycles. The van der Waals surface area contributed by atoms with Gasteiger partial charge in [-0.2, -0.15) is 0 Å². The summed E-state index contributed by atoms with van der Waals surface area (Å²) in [4.78, 5) is 4.86. The van der Waals surface area contributed by atoms with Gasteiger partial charge in [0.1, 0.15) is 11.5 Å². The summed E-state index contributed by atoms with van der Waals surface area (Å²) in [5.41, 5.74) is 4.61. The number of hydrogen-bond acceptors (Lipinski definition) is 4. The lowest BCUT2D eigenvalue weighted by atomic mass is 9.86. The average molecular weight is 368 g/mol. The van der Waals surface area contributed by atoms with Gasteiger partial charge in [-0.15, -0.1) is 11.3 Å². The molecule has 0 aliphatic carbocycles. The zero-order chi connectivity index (χ0) is 18.7. The molecule has 0 unspecified atom stereocenters. The minimum Gasteiger partial charge on any atom is -0.497 e. The average Bonchev–Trinajstić information content (AvgIpc) is 3.09. The Morgan fingerprint density at radius 3 is 2.31 bits per heavy atom. The van der Waals surface area contributed by atoms with E-state index in [0.717, 1.165) is 34.2 Å². The predicted octanol–water partition coefficient (Wildman–Crippen LogP) is 5.72. The van der Waals surface area contributed by atoms with Crippen LogP contribution < -0.4 is 9.47 Å². The van der Waals surface area contributed by atoms with Crippen molar-refractivity contribution in [3.05, 3.63) is 64.0 Å². The van der Waals surface area contributed by atoms with E-state index in [0.29, 0.717) is 0 Å². The summed E-state index contributed by atoms with van der Waals surface area (Å²) in [7, 11) is 3.39. The number of hydrogen-bond donors (Lipinski definition) is 0. The van der Waals surface area contributed by atoms with E-state index in [1.54, 1.807) is 25.6 Å². The Labute approximate surface area is 159 Å². The number of rotatable bonds is 5. The molecule has 0 bridgehead atoms. The standard InChI is InChI=1S/C22H25NO2S/c1-22(2,3)16-8-11-20(25-5)18(13-16)19-14-26-21(23-19)12-15-6-9-17(24-4)10-7-15/h6-11,13-14H,12H2,1-5H3. The first-order chi connectivity index (χ1) is 12.4. The van der Waals surface area contributed by atoms with Crippen LogP contribution in [0.15, 0.2) is 47.8 Å². The van der Waals surface area contributed by atoms with E-state index in [4.69, 9.17) is 14.5 Å². The number of ether oxygens (including phenoxy) is 2. The Kier molecular flexibility index (Phi) is 5.33. The second-order valence-corrected chi connectivity index (χ2v) is 8.26. The minimum absolute atomic E-state index is 0.0863. The Bertz CT molecular complexity index is 876. The summed E-state index contributed by atoms with van der Waals surface area (Å²) in [6, 6.07) is 14.5. The summed E-state index contributed by atoms with van der Waals surface area (Å²) in [6.07, 6.45) is 0.815. The Morgan fingerprint density at radius 1 is 0.962 bits per heavy atom. The van der Waals surface area contributed by atoms with Crippen LogP contribution in [0.25, 0.3) is 11.3 Å². The molecule has 0 spiro atoms. The van der Waals surface area contributed by atoms with Gasteiger partial charge in [0.2, 0.25) is 0 Å². The van der Waals surface area contributed by atoms with E-state index in [2.05, 4.69) is 50.4 Å². The maximum Gasteiger partial charge on any atom is 0.128 e. The van der Waals surface area contributed by atoms with Crippen molar-refractivity contribution >= 4 is 11.3 Å². The van der Waals surface area contributed by atoms with Crippen LogP contribution in [0, 0.1) is 0 Å². The highest BCUT2D eigenvalue weighted by molar-refractivity contribution is 7.10. The molecule has 0 atom stereocenters. The zero-order valence-corrected chi connectivity index (χ0v) is 16.8. The van der Waals surface area contributed by atoms with Gasteiger partial charge < -0.3 is 9.47 Å². The highest BCUT2D eigenvalue weighted by Gasteiger charge is 2.18. The zero-order valence-electron chi connectivity index (χ0n) is 16.0. The molecule has 4 heteroatoms. The van der Waals surface area contributed by atoms with Crippen molar-refractivity contribution in [2.24, 2.45) is 0 Å². The summed E-state index contributed by atoms with van der Waals surface area (Å²) in [6.45, 7) is 6.65. The van der Waals surface area contributed by atoms with E-state index >= 15 is 0 Å². The van der Waals surface area contributed by atoms with Crippen molar-refractivity contribution < 1.29 is 9.47 Å². The molecule has 3 aromatic rings. The molecule has 26 heavy (non-hydrogen) atoms. The van der Waals surface area contributed by atoms with Gasteiger partial charge >= 0.3 is 0 Å². The van der Waals surface area contributed by atoms with Gasteiger partial charge in [-0.25, -0.2) is 4.98 Å². The van der Waals surface area contributed by atoms with Crippen molar-refractivity contribution in [1.82, 2.24) is 4.98 Å². The van der Waals surface area contributed by atoms with Crippen molar-refractivity contribution in [3.8, 4) is 22.8 Å². The molecule has 1 heterocycles. The van der Waals surface area contributed by atoms with Crippen molar-refractivity contribution in [2.45, 2.75) is 32.6 Å². The van der Waals surface area contributed by atoms with Crippen molar-refractivity contribution in [1.29, 1.82) is 0 Å². The number of aromatic nitrogens is 1. The van der Waals surface area contributed by atoms with Crippen LogP contribution >= 0.6 is 11.3 Å². The molecular formula is C22H25NO2S. The lowest BCUT2D eigenvalue weighted by Gasteiger charge is -2.20. The van der Waals surface area contributed by atoms with Crippen molar-refractivity contribution in [3.63, 3.8) is 0 Å². The SMILES string of the molecule is COc1ccc(Cc2nc(-c3cc(C(C)(C)C)ccc3OC)cs2)cc1. The largest absolute Gasteiger partial charge is 0.497 e. The summed E-state index contributed by atoms with van der Waals surface area (Å²) >= 11 is 1.68. The fourth-order valence-corrected chi connectivity index (χ4v) is 3.64. The lowest BCUT2D eigenvalue weighted by Crippen LogP contribution is -2.11. The number of benzene rings is 2. The van der Waals surface area contributed by atoms with Gasteiger partial charge in [0.15, 0.2) is 0 Å². The molecule has 0 amide bonds. The quantitative estimate of drug-likeness (QED) is 0.578. The van der Waals surface area contributed by atoms with Gasteiger partial charge in [0.25, 0.3) is 0 Å². The third kappa shape index (κ3) is 4.07. The molecule has 0 fully saturated rings. The predicted molar refractivity (Wildman–Crippen MR) is 109 cm³/mol. The highest BCUT2D eigenvalue weighted by atomic mass is 32.1. The number of nitrogens with zero attached hydrogens (tertiary/aromatic N) is 1. The lowest BCUT2D eigenvalue weighted by molar-refractivity contribution is 0.414. The normalized spacial score (nSPS) is 11.4. The fraction of sp³-hybridized carbons (Fsp3) is 0.318. The fourth-order valence-electron chi connectivity index (χ4n) is 2.81. The molecule has 1 aromatic heterocycles. The van der Waals surface area contributed by atoms with Crippen LogP contribution in [-0.4, -0.2) is 19.2 Å². The molecular weight excluding hydrogens is 342 g/mol. The summed E-state index contributed by atoms with van der Waals surface area (Å²) in [5.74, 6) is 1.73. The van der Waals surface area contributed by atoms with Crippen LogP contribution in [0.3, 0.4) is 0 Å². The van der Waals surface area contributed by atoms with Gasteiger partial charge in [-0.3, -0.25) is 0 Å². The molecule has 0 aliphatic rings. The van der Waals surface area contributed by atoms with Crippen LogP contribution in [-0.2, 0) is 11.8 Å². The molecule has 0 N–H and O–H groups in total. The maximum atomic E-state index is 5.57. The van der Waals surface area contributed by atoms with E-state index in [1.165, 1.54) is 11.1 Å². The topological polar surface area (TPSA) is 31.4 Å². The Hall–Kier alpha value is -2.33. The summed E-state index contributed by atoms with van der Waals surface area (Å²) < 4.78 is 10.8. The second kappa shape index (κ2) is 7.50. The van der Waals surface area contributed by atoms with Gasteiger partial charge in [0, 0.05) is 17.4 Å². The number of methoxy groups -OCH3 is 2. The smallest absolute Gasteiger partial charge is 0.128 e. The van der Waals surface area contributed by atoms with Crippen LogP contribution in [0.5, 0.6) is 11.5 Å². The Morgan fingerprint density at radius 2 is 1.69 bits per heavy atom. The van der Waals surface area contributed by atoms with E-state index in [1.807, 2.05) is 18.2 Å². The van der Waals surface area contributed by atoms with Crippen LogP contribution in [0.1, 0.15) is 36.9 Å². The van der Waals surface area contributed by atoms with E-state index in [-0.39, 0.29) is 5.41 Å². The van der Waals surface area contributed by atoms with Crippen molar-refractivity contribution in [2.75, 3.05) is 14.2 Å². The van der Waals surface area contributed by atoms with Gasteiger partial charge in [-0.1, -0.05) is 39.0 Å². The second-order valence-electron chi connectivity index (χ2n) is 7.32. The summed E-state index contributed by atoms with van der Waals surface area (Å²) in [5, 5.41) is 3.21. The maximum absolute atomic E-state index is 5.57. The third-order valence-corrected chi connectivity index (χ3v) is 5.26. The highest BCUT2D eigenvalue weighted by Crippen LogP contribution is 2.35. The van der Waals surface area contributed by atoms with Gasteiger partial charge in [0.05, 0.1) is 24.9 Å². The monoisotopic (exact) mass is 367 g/mol. The first kappa shape index (κ1) is 18.5. The molecule has 0 aliphatic heterocycles. The van der Waals surface area contributed by atoms with E-state index < -0.39 is 0 Å². The minimum atomic E-state index is 0.0863. The first-order valence-electron chi connectivity index (χ1n) is 8.67. The molecule has 2 aromatic carbocycles. The number of thiazole rings is 1. The Balaban J connectivity index is 1.88. The van der Waals surface area contributed by atoms with Gasteiger partial charge in [-0.05, 0) is 40.8 Å². The third-order valence-electron chi connectivity index (χ3n) is 4.41. The first-order valence-corrected chi connectivity index (χ1v) is 9.55.